The van der Waals surface area contributed by atoms with Crippen molar-refractivity contribution in [1.29, 1.82) is 0 Å². The number of aliphatic hydroxyl groups excluding tert-OH is 1. The average Bonchev–Trinajstić information content (AvgIpc) is 3.21. The highest BCUT2D eigenvalue weighted by atomic mass is 16.6. The number of β-amino-alcohol motifs (C(OH)–C–C–N with tert-alkyl or cyclic N) is 1. The number of nitrogens with zero attached hydrogens (tertiary/aromatic N) is 1. The molecule has 3 atom stereocenters. The molecule has 0 radical (unpaired) electrons. The van der Waals surface area contributed by atoms with E-state index in [0.29, 0.717) is 31.4 Å². The number of nitro groups is 1. The first-order chi connectivity index (χ1) is 15.8. The summed E-state index contributed by atoms with van der Waals surface area (Å²) in [6.07, 6.45) is 2.47. The predicted octanol–water partition coefficient (Wildman–Crippen LogP) is 2.61. The second-order valence-corrected chi connectivity index (χ2v) is 8.56. The third kappa shape index (κ3) is 5.39. The van der Waals surface area contributed by atoms with E-state index in [9.17, 15) is 25.1 Å². The number of hydrogen-bond acceptors (Lipinski definition) is 7. The number of benzene rings is 2. The lowest BCUT2D eigenvalue weighted by molar-refractivity contribution is -0.384. The topological polar surface area (TPSA) is 134 Å². The third-order valence-corrected chi connectivity index (χ3v) is 6.18. The van der Waals surface area contributed by atoms with Crippen LogP contribution >= 0.6 is 0 Å². The van der Waals surface area contributed by atoms with Gasteiger partial charge in [-0.25, -0.2) is 4.79 Å². The molecule has 2 aliphatic rings. The third-order valence-electron chi connectivity index (χ3n) is 6.18. The van der Waals surface area contributed by atoms with Gasteiger partial charge in [0, 0.05) is 31.3 Å². The molecule has 9 nitrogen and oxygen atoms in total. The highest BCUT2D eigenvalue weighted by Crippen LogP contribution is 2.41. The molecule has 1 saturated heterocycles. The molecule has 33 heavy (non-hydrogen) atoms. The fraction of sp³-hybridized carbons (Fsp3) is 0.375. The zero-order valence-corrected chi connectivity index (χ0v) is 18.1. The molecule has 1 heterocycles. The minimum Gasteiger partial charge on any atom is -0.445 e. The first kappa shape index (κ1) is 22.9. The van der Waals surface area contributed by atoms with Gasteiger partial charge in [0.25, 0.3) is 5.69 Å². The number of nitro benzene ring substituents is 1. The van der Waals surface area contributed by atoms with E-state index in [2.05, 4.69) is 10.6 Å². The van der Waals surface area contributed by atoms with E-state index in [0.717, 1.165) is 16.7 Å². The summed E-state index contributed by atoms with van der Waals surface area (Å²) in [4.78, 5) is 22.4. The number of amides is 1. The Bertz CT molecular complexity index is 1050. The second-order valence-electron chi connectivity index (χ2n) is 8.56. The zero-order chi connectivity index (χ0) is 23.4. The standard InChI is InChI=1S/C24H27N3O6/c28-20-11-18(25-14-20)12-24(30)10-9-17(21-3-1-2-4-22(21)24)13-26-23(29)33-15-16-5-7-19(8-6-16)27(31)32/h1-9,18,20,25,28,30H,10-15H2,(H,26,29)/t18-,20+,24?/m0/s1. The van der Waals surface area contributed by atoms with Gasteiger partial charge in [0.15, 0.2) is 0 Å². The van der Waals surface area contributed by atoms with E-state index in [-0.39, 0.29) is 31.0 Å². The summed E-state index contributed by atoms with van der Waals surface area (Å²) in [5, 5.41) is 37.9. The lowest BCUT2D eigenvalue weighted by Gasteiger charge is -2.36. The van der Waals surface area contributed by atoms with E-state index in [1.807, 2.05) is 30.3 Å². The highest BCUT2D eigenvalue weighted by Gasteiger charge is 2.38. The van der Waals surface area contributed by atoms with Crippen molar-refractivity contribution in [2.24, 2.45) is 0 Å². The van der Waals surface area contributed by atoms with Crippen LogP contribution in [-0.2, 0) is 16.9 Å². The molecule has 1 unspecified atom stereocenters. The van der Waals surface area contributed by atoms with E-state index >= 15 is 0 Å². The van der Waals surface area contributed by atoms with Crippen molar-refractivity contribution in [1.82, 2.24) is 10.6 Å². The minimum atomic E-state index is -1.04. The molecule has 1 fully saturated rings. The van der Waals surface area contributed by atoms with Crippen molar-refractivity contribution in [2.75, 3.05) is 13.1 Å². The summed E-state index contributed by atoms with van der Waals surface area (Å²) in [5.74, 6) is 0. The van der Waals surface area contributed by atoms with E-state index in [1.54, 1.807) is 12.1 Å². The van der Waals surface area contributed by atoms with E-state index in [1.165, 1.54) is 12.1 Å². The van der Waals surface area contributed by atoms with Gasteiger partial charge in [0.2, 0.25) is 0 Å². The molecule has 2 aromatic carbocycles. The quantitative estimate of drug-likeness (QED) is 0.374. The van der Waals surface area contributed by atoms with Crippen LogP contribution in [0.4, 0.5) is 10.5 Å². The molecule has 0 saturated carbocycles. The monoisotopic (exact) mass is 453 g/mol. The number of carbonyl (C=O) groups excluding carboxylic acids is 1. The van der Waals surface area contributed by atoms with Gasteiger partial charge in [0.1, 0.15) is 6.61 Å². The molecule has 0 spiro atoms. The van der Waals surface area contributed by atoms with Crippen molar-refractivity contribution in [3.63, 3.8) is 0 Å². The normalized spacial score (nSPS) is 24.0. The van der Waals surface area contributed by atoms with Gasteiger partial charge in [-0.1, -0.05) is 30.3 Å². The van der Waals surface area contributed by atoms with E-state index in [4.69, 9.17) is 4.74 Å². The molecule has 0 bridgehead atoms. The fourth-order valence-corrected chi connectivity index (χ4v) is 4.48. The van der Waals surface area contributed by atoms with Gasteiger partial charge in [-0.3, -0.25) is 10.1 Å². The molecule has 0 aromatic heterocycles. The Morgan fingerprint density at radius 1 is 1.24 bits per heavy atom. The van der Waals surface area contributed by atoms with Crippen LogP contribution in [0.1, 0.15) is 36.0 Å². The van der Waals surface area contributed by atoms with Crippen molar-refractivity contribution in [3.8, 4) is 0 Å². The van der Waals surface area contributed by atoms with Gasteiger partial charge in [-0.15, -0.1) is 0 Å². The number of fused-ring (bicyclic) bond motifs is 1. The van der Waals surface area contributed by atoms with Crippen molar-refractivity contribution in [3.05, 3.63) is 81.4 Å². The molecule has 4 rings (SSSR count). The lowest BCUT2D eigenvalue weighted by Crippen LogP contribution is -2.37. The Kier molecular flexibility index (Phi) is 6.73. The van der Waals surface area contributed by atoms with Crippen LogP contribution in [0.15, 0.2) is 54.6 Å². The maximum Gasteiger partial charge on any atom is 0.407 e. The number of alkyl carbamates (subject to hydrolysis) is 1. The predicted molar refractivity (Wildman–Crippen MR) is 121 cm³/mol. The maximum atomic E-state index is 12.2. The van der Waals surface area contributed by atoms with Crippen molar-refractivity contribution < 1.29 is 24.7 Å². The number of non-ortho nitro benzene ring substituents is 1. The summed E-state index contributed by atoms with van der Waals surface area (Å²) in [5.41, 5.74) is 2.16. The number of hydrogen-bond donors (Lipinski definition) is 4. The summed E-state index contributed by atoms with van der Waals surface area (Å²) >= 11 is 0. The summed E-state index contributed by atoms with van der Waals surface area (Å²) in [6.45, 7) is 0.779. The van der Waals surface area contributed by atoms with Crippen LogP contribution in [0, 0.1) is 10.1 Å². The number of carbonyl (C=O) groups is 1. The summed E-state index contributed by atoms with van der Waals surface area (Å²) < 4.78 is 5.22. The highest BCUT2D eigenvalue weighted by molar-refractivity contribution is 5.76. The Labute approximate surface area is 191 Å². The first-order valence-electron chi connectivity index (χ1n) is 10.9. The van der Waals surface area contributed by atoms with Crippen LogP contribution in [-0.4, -0.2) is 46.5 Å². The SMILES string of the molecule is O=C(NCC1=CCC(O)(C[C@@H]2C[C@@H](O)CN2)c2ccccc21)OCc1ccc([N+](=O)[O-])cc1. The number of rotatable bonds is 7. The van der Waals surface area contributed by atoms with Crippen LogP contribution < -0.4 is 10.6 Å². The van der Waals surface area contributed by atoms with Crippen LogP contribution in [0.25, 0.3) is 5.57 Å². The molecular formula is C24H27N3O6. The van der Waals surface area contributed by atoms with Crippen molar-refractivity contribution >= 4 is 17.4 Å². The largest absolute Gasteiger partial charge is 0.445 e. The summed E-state index contributed by atoms with van der Waals surface area (Å²) in [6, 6.07) is 13.5. The first-order valence-corrected chi connectivity index (χ1v) is 10.9. The second kappa shape index (κ2) is 9.70. The average molecular weight is 453 g/mol. The smallest absolute Gasteiger partial charge is 0.407 e. The fourth-order valence-electron chi connectivity index (χ4n) is 4.48. The van der Waals surface area contributed by atoms with Crippen LogP contribution in [0.3, 0.4) is 0 Å². The van der Waals surface area contributed by atoms with Crippen LogP contribution in [0.5, 0.6) is 0 Å². The lowest BCUT2D eigenvalue weighted by atomic mass is 9.76. The number of ether oxygens (including phenoxy) is 1. The maximum absolute atomic E-state index is 12.2. The van der Waals surface area contributed by atoms with Gasteiger partial charge in [-0.05, 0) is 53.7 Å². The molecule has 1 amide bonds. The summed E-state index contributed by atoms with van der Waals surface area (Å²) in [7, 11) is 0. The Balaban J connectivity index is 1.35. The van der Waals surface area contributed by atoms with Gasteiger partial charge in [0.05, 0.1) is 16.6 Å². The minimum absolute atomic E-state index is 0.000543. The Morgan fingerprint density at radius 2 is 2.00 bits per heavy atom. The molecule has 2 aromatic rings. The van der Waals surface area contributed by atoms with Gasteiger partial charge < -0.3 is 25.6 Å². The molecule has 4 N–H and O–H groups in total. The van der Waals surface area contributed by atoms with E-state index < -0.39 is 16.6 Å². The molecule has 174 valence electrons. The number of nitrogens with one attached hydrogen (secondary N) is 2. The van der Waals surface area contributed by atoms with Crippen molar-refractivity contribution in [2.45, 2.75) is 43.6 Å². The Morgan fingerprint density at radius 3 is 2.70 bits per heavy atom. The van der Waals surface area contributed by atoms with Gasteiger partial charge >= 0.3 is 6.09 Å². The zero-order valence-electron chi connectivity index (χ0n) is 18.1. The molecular weight excluding hydrogens is 426 g/mol. The number of aliphatic hydroxyl groups is 2. The van der Waals surface area contributed by atoms with Gasteiger partial charge in [-0.2, -0.15) is 0 Å². The molecule has 9 heteroatoms. The van der Waals surface area contributed by atoms with Crippen LogP contribution in [0.2, 0.25) is 0 Å². The molecule has 1 aliphatic heterocycles. The molecule has 1 aliphatic carbocycles. The Hall–Kier alpha value is -3.27.